The second-order valence-corrected chi connectivity index (χ2v) is 3.73. The number of hydrogen-bond acceptors (Lipinski definition) is 3. The molecule has 1 aromatic heterocycles. The van der Waals surface area contributed by atoms with Crippen molar-refractivity contribution in [1.82, 2.24) is 4.98 Å². The van der Waals surface area contributed by atoms with E-state index in [1.165, 1.54) is 18.5 Å². The zero-order valence-corrected chi connectivity index (χ0v) is 9.48. The van der Waals surface area contributed by atoms with Crippen LogP contribution in [0.1, 0.15) is 10.4 Å². The molecule has 5 heteroatoms. The summed E-state index contributed by atoms with van der Waals surface area (Å²) in [5.41, 5.74) is 0.648. The second kappa shape index (κ2) is 4.84. The Bertz CT molecular complexity index is 558. The molecule has 86 valence electrons. The van der Waals surface area contributed by atoms with Gasteiger partial charge in [0.25, 0.3) is 5.91 Å². The summed E-state index contributed by atoms with van der Waals surface area (Å²) in [6.45, 7) is 0. The van der Waals surface area contributed by atoms with Crippen LogP contribution < -0.4 is 5.32 Å². The number of para-hydroxylation sites is 1. The Morgan fingerprint density at radius 1 is 1.29 bits per heavy atom. The number of pyridine rings is 1. The van der Waals surface area contributed by atoms with Gasteiger partial charge in [0, 0.05) is 6.20 Å². The molecule has 0 saturated heterocycles. The van der Waals surface area contributed by atoms with E-state index in [1.807, 2.05) is 0 Å². The minimum atomic E-state index is -0.432. The first-order chi connectivity index (χ1) is 8.18. The van der Waals surface area contributed by atoms with Gasteiger partial charge >= 0.3 is 0 Å². The van der Waals surface area contributed by atoms with Crippen LogP contribution in [-0.4, -0.2) is 16.0 Å². The number of hydrogen-bond donors (Lipinski definition) is 2. The van der Waals surface area contributed by atoms with Gasteiger partial charge in [0.2, 0.25) is 0 Å². The van der Waals surface area contributed by atoms with Crippen molar-refractivity contribution in [1.29, 1.82) is 0 Å². The van der Waals surface area contributed by atoms with E-state index in [2.05, 4.69) is 10.3 Å². The lowest BCUT2D eigenvalue weighted by Crippen LogP contribution is -2.12. The van der Waals surface area contributed by atoms with E-state index >= 15 is 0 Å². The van der Waals surface area contributed by atoms with Crippen molar-refractivity contribution >= 4 is 23.2 Å². The summed E-state index contributed by atoms with van der Waals surface area (Å²) in [7, 11) is 0. The molecule has 0 aliphatic carbocycles. The van der Waals surface area contributed by atoms with Gasteiger partial charge in [-0.25, -0.2) is 0 Å². The highest BCUT2D eigenvalue weighted by Crippen LogP contribution is 2.22. The predicted molar refractivity (Wildman–Crippen MR) is 65.3 cm³/mol. The van der Waals surface area contributed by atoms with Crippen LogP contribution in [0.5, 0.6) is 5.75 Å². The van der Waals surface area contributed by atoms with E-state index in [-0.39, 0.29) is 11.3 Å². The van der Waals surface area contributed by atoms with Gasteiger partial charge in [0.05, 0.1) is 22.5 Å². The van der Waals surface area contributed by atoms with Gasteiger partial charge in [-0.2, -0.15) is 0 Å². The first-order valence-electron chi connectivity index (χ1n) is 4.87. The summed E-state index contributed by atoms with van der Waals surface area (Å²) in [6.07, 6.45) is 2.64. The van der Waals surface area contributed by atoms with Crippen molar-refractivity contribution in [3.05, 3.63) is 53.3 Å². The summed E-state index contributed by atoms with van der Waals surface area (Å²) in [6, 6.07) is 8.30. The quantitative estimate of drug-likeness (QED) is 0.859. The average molecular weight is 249 g/mol. The van der Waals surface area contributed by atoms with Crippen molar-refractivity contribution < 1.29 is 9.90 Å². The van der Waals surface area contributed by atoms with Crippen molar-refractivity contribution in [3.63, 3.8) is 0 Å². The standard InChI is InChI=1S/C12H9ClN2O2/c13-9-3-1-2-4-10(9)15-12(17)8-5-6-14-7-11(8)16/h1-7,16H,(H,15,17). The van der Waals surface area contributed by atoms with Crippen LogP contribution >= 0.6 is 11.6 Å². The molecule has 0 aliphatic rings. The van der Waals surface area contributed by atoms with Crippen LogP contribution in [0.25, 0.3) is 0 Å². The van der Waals surface area contributed by atoms with Gasteiger partial charge in [0.15, 0.2) is 0 Å². The molecule has 0 unspecified atom stereocenters. The Morgan fingerprint density at radius 2 is 2.06 bits per heavy atom. The van der Waals surface area contributed by atoms with Crippen LogP contribution in [0.4, 0.5) is 5.69 Å². The molecule has 2 aromatic rings. The summed E-state index contributed by atoms with van der Waals surface area (Å²) < 4.78 is 0. The third-order valence-corrected chi connectivity index (χ3v) is 2.50. The maximum atomic E-state index is 11.8. The second-order valence-electron chi connectivity index (χ2n) is 3.33. The molecule has 17 heavy (non-hydrogen) atoms. The summed E-state index contributed by atoms with van der Waals surface area (Å²) >= 11 is 5.91. The van der Waals surface area contributed by atoms with E-state index in [9.17, 15) is 9.90 Å². The van der Waals surface area contributed by atoms with Gasteiger partial charge in [-0.15, -0.1) is 0 Å². The molecule has 0 spiro atoms. The molecule has 0 bridgehead atoms. The first kappa shape index (κ1) is 11.4. The number of nitrogens with zero attached hydrogens (tertiary/aromatic N) is 1. The third kappa shape index (κ3) is 2.54. The number of benzene rings is 1. The van der Waals surface area contributed by atoms with E-state index < -0.39 is 5.91 Å². The normalized spacial score (nSPS) is 9.94. The number of aromatic nitrogens is 1. The Balaban J connectivity index is 2.24. The molecule has 1 heterocycles. The highest BCUT2D eigenvalue weighted by Gasteiger charge is 2.11. The van der Waals surface area contributed by atoms with Gasteiger partial charge < -0.3 is 10.4 Å². The minimum absolute atomic E-state index is 0.153. The third-order valence-electron chi connectivity index (χ3n) is 2.17. The smallest absolute Gasteiger partial charge is 0.259 e. The molecular formula is C12H9ClN2O2. The number of carbonyl (C=O) groups excluding carboxylic acids is 1. The molecule has 0 atom stereocenters. The van der Waals surface area contributed by atoms with Gasteiger partial charge in [-0.05, 0) is 18.2 Å². The number of anilines is 1. The van der Waals surface area contributed by atoms with Crippen LogP contribution in [-0.2, 0) is 0 Å². The Kier molecular flexibility index (Phi) is 3.25. The summed E-state index contributed by atoms with van der Waals surface area (Å²) in [4.78, 5) is 15.5. The molecule has 0 radical (unpaired) electrons. The molecule has 1 amide bonds. The van der Waals surface area contributed by atoms with Crippen LogP contribution in [0.3, 0.4) is 0 Å². The monoisotopic (exact) mass is 248 g/mol. The van der Waals surface area contributed by atoms with Crippen molar-refractivity contribution in [2.45, 2.75) is 0 Å². The highest BCUT2D eigenvalue weighted by atomic mass is 35.5. The van der Waals surface area contributed by atoms with Crippen molar-refractivity contribution in [2.24, 2.45) is 0 Å². The Hall–Kier alpha value is -2.07. The number of aromatic hydroxyl groups is 1. The number of rotatable bonds is 2. The minimum Gasteiger partial charge on any atom is -0.505 e. The zero-order chi connectivity index (χ0) is 12.3. The number of nitrogens with one attached hydrogen (secondary N) is 1. The Labute approximate surface area is 103 Å². The summed E-state index contributed by atoms with van der Waals surface area (Å²) in [5.74, 6) is -0.602. The molecule has 1 aromatic carbocycles. The maximum absolute atomic E-state index is 11.8. The number of halogens is 1. The molecule has 2 N–H and O–H groups in total. The molecular weight excluding hydrogens is 240 g/mol. The van der Waals surface area contributed by atoms with Crippen molar-refractivity contribution in [3.8, 4) is 5.75 Å². The number of amides is 1. The molecule has 2 rings (SSSR count). The van der Waals surface area contributed by atoms with E-state index in [4.69, 9.17) is 11.6 Å². The lowest BCUT2D eigenvalue weighted by molar-refractivity contribution is 0.102. The molecule has 4 nitrogen and oxygen atoms in total. The highest BCUT2D eigenvalue weighted by molar-refractivity contribution is 6.33. The number of carbonyl (C=O) groups is 1. The van der Waals surface area contributed by atoms with Crippen LogP contribution in [0, 0.1) is 0 Å². The lowest BCUT2D eigenvalue weighted by atomic mass is 10.2. The molecule has 0 saturated carbocycles. The first-order valence-corrected chi connectivity index (χ1v) is 5.25. The SMILES string of the molecule is O=C(Nc1ccccc1Cl)c1ccncc1O. The fraction of sp³-hybridized carbons (Fsp3) is 0. The fourth-order valence-electron chi connectivity index (χ4n) is 1.33. The average Bonchev–Trinajstić information content (AvgIpc) is 2.32. The van der Waals surface area contributed by atoms with Crippen LogP contribution in [0.2, 0.25) is 5.02 Å². The van der Waals surface area contributed by atoms with Crippen LogP contribution in [0.15, 0.2) is 42.7 Å². The van der Waals surface area contributed by atoms with E-state index in [0.717, 1.165) is 0 Å². The lowest BCUT2D eigenvalue weighted by Gasteiger charge is -2.07. The molecule has 0 aliphatic heterocycles. The van der Waals surface area contributed by atoms with Gasteiger partial charge in [-0.1, -0.05) is 23.7 Å². The predicted octanol–water partition coefficient (Wildman–Crippen LogP) is 2.69. The fourth-order valence-corrected chi connectivity index (χ4v) is 1.51. The van der Waals surface area contributed by atoms with Gasteiger partial charge in [-0.3, -0.25) is 9.78 Å². The van der Waals surface area contributed by atoms with Crippen molar-refractivity contribution in [2.75, 3.05) is 5.32 Å². The maximum Gasteiger partial charge on any atom is 0.259 e. The molecule has 0 fully saturated rings. The summed E-state index contributed by atoms with van der Waals surface area (Å²) in [5, 5.41) is 12.5. The van der Waals surface area contributed by atoms with Gasteiger partial charge in [0.1, 0.15) is 5.75 Å². The largest absolute Gasteiger partial charge is 0.505 e. The van der Waals surface area contributed by atoms with E-state index in [0.29, 0.717) is 10.7 Å². The Morgan fingerprint density at radius 3 is 2.76 bits per heavy atom. The zero-order valence-electron chi connectivity index (χ0n) is 8.72. The van der Waals surface area contributed by atoms with E-state index in [1.54, 1.807) is 24.3 Å². The topological polar surface area (TPSA) is 62.2 Å².